The number of aliphatic hydroxyl groups excluding tert-OH is 1. The zero-order valence-electron chi connectivity index (χ0n) is 11.5. The Morgan fingerprint density at radius 1 is 1.35 bits per heavy atom. The van der Waals surface area contributed by atoms with Gasteiger partial charge in [-0.15, -0.1) is 0 Å². The summed E-state index contributed by atoms with van der Waals surface area (Å²) in [7, 11) is 0. The summed E-state index contributed by atoms with van der Waals surface area (Å²) < 4.78 is 12.3. The van der Waals surface area contributed by atoms with Gasteiger partial charge in [-0.3, -0.25) is 4.79 Å². The van der Waals surface area contributed by atoms with Gasteiger partial charge in [0, 0.05) is 30.1 Å². The van der Waals surface area contributed by atoms with Crippen LogP contribution in [0.1, 0.15) is 13.3 Å². The molecule has 2 rings (SSSR count). The number of rotatable bonds is 7. The third kappa shape index (κ3) is 3.51. The van der Waals surface area contributed by atoms with Gasteiger partial charge in [0.1, 0.15) is 12.3 Å². The van der Waals surface area contributed by atoms with Crippen LogP contribution < -0.4 is 4.74 Å². The van der Waals surface area contributed by atoms with Crippen molar-refractivity contribution in [3.05, 3.63) is 30.5 Å². The summed E-state index contributed by atoms with van der Waals surface area (Å²) in [5.41, 5.74) is 0.965. The first-order valence-corrected chi connectivity index (χ1v) is 6.72. The van der Waals surface area contributed by atoms with Gasteiger partial charge in [0.2, 0.25) is 0 Å². The number of esters is 1. The first kappa shape index (κ1) is 14.4. The fourth-order valence-corrected chi connectivity index (χ4v) is 2.01. The molecule has 0 unspecified atom stereocenters. The molecule has 0 bridgehead atoms. The lowest BCUT2D eigenvalue weighted by molar-refractivity contribution is -0.143. The summed E-state index contributed by atoms with van der Waals surface area (Å²) in [6, 6.07) is 7.64. The van der Waals surface area contributed by atoms with E-state index in [4.69, 9.17) is 14.6 Å². The molecule has 0 aliphatic rings. The number of fused-ring (bicyclic) bond motifs is 1. The lowest BCUT2D eigenvalue weighted by Crippen LogP contribution is -2.12. The number of aliphatic hydroxyl groups is 1. The van der Waals surface area contributed by atoms with Crippen LogP contribution in [0.4, 0.5) is 0 Å². The monoisotopic (exact) mass is 277 g/mol. The molecule has 1 aromatic carbocycles. The van der Waals surface area contributed by atoms with Crippen LogP contribution in [0, 0.1) is 0 Å². The fourth-order valence-electron chi connectivity index (χ4n) is 2.01. The predicted molar refractivity (Wildman–Crippen MR) is 75.8 cm³/mol. The highest BCUT2D eigenvalue weighted by Gasteiger charge is 2.07. The van der Waals surface area contributed by atoms with Crippen molar-refractivity contribution in [2.75, 3.05) is 19.8 Å². The van der Waals surface area contributed by atoms with Crippen molar-refractivity contribution in [2.45, 2.75) is 19.9 Å². The fraction of sp³-hybridized carbons (Fsp3) is 0.400. The molecule has 0 amide bonds. The molecule has 1 heterocycles. The van der Waals surface area contributed by atoms with E-state index in [-0.39, 0.29) is 19.1 Å². The Morgan fingerprint density at radius 2 is 2.20 bits per heavy atom. The highest BCUT2D eigenvalue weighted by atomic mass is 16.5. The van der Waals surface area contributed by atoms with Crippen molar-refractivity contribution >= 4 is 16.9 Å². The van der Waals surface area contributed by atoms with Crippen molar-refractivity contribution in [3.8, 4) is 5.75 Å². The van der Waals surface area contributed by atoms with Crippen LogP contribution >= 0.6 is 0 Å². The number of aromatic nitrogens is 1. The number of benzene rings is 1. The van der Waals surface area contributed by atoms with Gasteiger partial charge in [0.05, 0.1) is 13.2 Å². The smallest absolute Gasteiger partial charge is 0.325 e. The molecular weight excluding hydrogens is 258 g/mol. The highest BCUT2D eigenvalue weighted by molar-refractivity contribution is 5.83. The maximum Gasteiger partial charge on any atom is 0.325 e. The SMILES string of the molecule is CCOC(=O)Cn1ccc2cc(OCCCO)ccc21. The number of ether oxygens (including phenoxy) is 2. The molecule has 0 radical (unpaired) electrons. The van der Waals surface area contributed by atoms with Crippen LogP contribution in [0.25, 0.3) is 10.9 Å². The maximum absolute atomic E-state index is 11.5. The van der Waals surface area contributed by atoms with E-state index in [1.165, 1.54) is 0 Å². The zero-order chi connectivity index (χ0) is 14.4. The molecule has 108 valence electrons. The van der Waals surface area contributed by atoms with E-state index in [2.05, 4.69) is 0 Å². The number of hydrogen-bond acceptors (Lipinski definition) is 4. The first-order valence-electron chi connectivity index (χ1n) is 6.72. The topological polar surface area (TPSA) is 60.7 Å². The van der Waals surface area contributed by atoms with Gasteiger partial charge in [-0.1, -0.05) is 0 Å². The van der Waals surface area contributed by atoms with E-state index in [0.717, 1.165) is 16.7 Å². The molecular formula is C15H19NO4. The summed E-state index contributed by atoms with van der Waals surface area (Å²) in [5.74, 6) is 0.521. The van der Waals surface area contributed by atoms with Crippen molar-refractivity contribution in [1.29, 1.82) is 0 Å². The van der Waals surface area contributed by atoms with Crippen LogP contribution in [0.3, 0.4) is 0 Å². The second-order valence-electron chi connectivity index (χ2n) is 4.39. The lowest BCUT2D eigenvalue weighted by atomic mass is 10.2. The molecule has 0 saturated carbocycles. The van der Waals surface area contributed by atoms with E-state index in [0.29, 0.717) is 19.6 Å². The van der Waals surface area contributed by atoms with Gasteiger partial charge in [0.15, 0.2) is 0 Å². The van der Waals surface area contributed by atoms with E-state index < -0.39 is 0 Å². The van der Waals surface area contributed by atoms with Gasteiger partial charge in [-0.25, -0.2) is 0 Å². The summed E-state index contributed by atoms with van der Waals surface area (Å²) >= 11 is 0. The average molecular weight is 277 g/mol. The number of carbonyl (C=O) groups excluding carboxylic acids is 1. The number of nitrogens with zero attached hydrogens (tertiary/aromatic N) is 1. The molecule has 0 saturated heterocycles. The molecule has 0 aliphatic heterocycles. The van der Waals surface area contributed by atoms with Gasteiger partial charge < -0.3 is 19.1 Å². The predicted octanol–water partition coefficient (Wildman–Crippen LogP) is 1.97. The Kier molecular flexibility index (Phi) is 5.01. The van der Waals surface area contributed by atoms with Crippen LogP contribution in [0.15, 0.2) is 30.5 Å². The van der Waals surface area contributed by atoms with Crippen LogP contribution in [0.2, 0.25) is 0 Å². The van der Waals surface area contributed by atoms with E-state index in [1.807, 2.05) is 35.0 Å². The van der Waals surface area contributed by atoms with Gasteiger partial charge in [-0.2, -0.15) is 0 Å². The zero-order valence-corrected chi connectivity index (χ0v) is 11.5. The third-order valence-electron chi connectivity index (χ3n) is 2.92. The summed E-state index contributed by atoms with van der Waals surface area (Å²) in [6.07, 6.45) is 2.47. The van der Waals surface area contributed by atoms with Gasteiger partial charge in [-0.05, 0) is 31.2 Å². The Balaban J connectivity index is 2.10. The van der Waals surface area contributed by atoms with Crippen LogP contribution in [-0.4, -0.2) is 35.5 Å². The second-order valence-corrected chi connectivity index (χ2v) is 4.39. The molecule has 0 fully saturated rings. The Labute approximate surface area is 117 Å². The Morgan fingerprint density at radius 3 is 2.95 bits per heavy atom. The van der Waals surface area contributed by atoms with Crippen molar-refractivity contribution in [2.24, 2.45) is 0 Å². The Bertz CT molecular complexity index is 576. The first-order chi connectivity index (χ1) is 9.74. The standard InChI is InChI=1S/C15H19NO4/c1-2-19-15(18)11-16-7-6-12-10-13(4-5-14(12)16)20-9-3-8-17/h4-7,10,17H,2-3,8-9,11H2,1H3. The van der Waals surface area contributed by atoms with Crippen LogP contribution in [-0.2, 0) is 16.1 Å². The van der Waals surface area contributed by atoms with E-state index >= 15 is 0 Å². The largest absolute Gasteiger partial charge is 0.493 e. The molecule has 2 aromatic rings. The third-order valence-corrected chi connectivity index (χ3v) is 2.92. The lowest BCUT2D eigenvalue weighted by Gasteiger charge is -2.07. The highest BCUT2D eigenvalue weighted by Crippen LogP contribution is 2.22. The summed E-state index contributed by atoms with van der Waals surface area (Å²) in [4.78, 5) is 11.5. The van der Waals surface area contributed by atoms with Crippen molar-refractivity contribution < 1.29 is 19.4 Å². The number of carbonyl (C=O) groups is 1. The van der Waals surface area contributed by atoms with Gasteiger partial charge in [0.25, 0.3) is 0 Å². The molecule has 5 nitrogen and oxygen atoms in total. The average Bonchev–Trinajstić information content (AvgIpc) is 2.82. The summed E-state index contributed by atoms with van der Waals surface area (Å²) in [5, 5.41) is 9.73. The minimum absolute atomic E-state index is 0.123. The quantitative estimate of drug-likeness (QED) is 0.621. The van der Waals surface area contributed by atoms with Crippen molar-refractivity contribution in [3.63, 3.8) is 0 Å². The van der Waals surface area contributed by atoms with Gasteiger partial charge >= 0.3 is 5.97 Å². The summed E-state index contributed by atoms with van der Waals surface area (Å²) in [6.45, 7) is 3.01. The molecule has 1 aromatic heterocycles. The van der Waals surface area contributed by atoms with E-state index in [1.54, 1.807) is 6.92 Å². The minimum Gasteiger partial charge on any atom is -0.493 e. The second kappa shape index (κ2) is 6.96. The molecule has 0 aliphatic carbocycles. The molecule has 20 heavy (non-hydrogen) atoms. The number of hydrogen-bond donors (Lipinski definition) is 1. The molecule has 1 N–H and O–H groups in total. The maximum atomic E-state index is 11.5. The van der Waals surface area contributed by atoms with E-state index in [9.17, 15) is 4.79 Å². The molecule has 0 atom stereocenters. The molecule has 0 spiro atoms. The molecule has 5 heteroatoms. The van der Waals surface area contributed by atoms with Crippen molar-refractivity contribution in [1.82, 2.24) is 4.57 Å². The van der Waals surface area contributed by atoms with Crippen LogP contribution in [0.5, 0.6) is 5.75 Å². The Hall–Kier alpha value is -2.01. The normalized spacial score (nSPS) is 10.7. The minimum atomic E-state index is -0.242.